The van der Waals surface area contributed by atoms with Crippen LogP contribution in [0.25, 0.3) is 0 Å². The maximum atomic E-state index is 13.3. The largest absolute Gasteiger partial charge is 0.352 e. The Morgan fingerprint density at radius 1 is 0.879 bits per heavy atom. The fourth-order valence-electron chi connectivity index (χ4n) is 3.52. The van der Waals surface area contributed by atoms with Crippen LogP contribution in [0.1, 0.15) is 24.5 Å². The fourth-order valence-corrected chi connectivity index (χ4v) is 5.04. The van der Waals surface area contributed by atoms with Gasteiger partial charge in [0.15, 0.2) is 0 Å². The number of carbonyl (C=O) groups excluding carboxylic acids is 1. The summed E-state index contributed by atoms with van der Waals surface area (Å²) in [5, 5.41) is 3.40. The lowest BCUT2D eigenvalue weighted by Crippen LogP contribution is -2.44. The second kappa shape index (κ2) is 12.0. The maximum Gasteiger partial charge on any atom is 0.243 e. The molecule has 0 aliphatic rings. The van der Waals surface area contributed by atoms with E-state index >= 15 is 0 Å². The normalized spacial score (nSPS) is 12.5. The first-order chi connectivity index (χ1) is 15.8. The molecule has 3 aromatic carbocycles. The van der Waals surface area contributed by atoms with Crippen molar-refractivity contribution in [2.45, 2.75) is 37.1 Å². The van der Waals surface area contributed by atoms with E-state index in [1.54, 1.807) is 0 Å². The van der Waals surface area contributed by atoms with Crippen molar-refractivity contribution in [2.24, 2.45) is 0 Å². The molecule has 0 fully saturated rings. The van der Waals surface area contributed by atoms with Gasteiger partial charge >= 0.3 is 0 Å². The van der Waals surface area contributed by atoms with E-state index in [9.17, 15) is 13.2 Å². The number of halogens is 1. The number of hydrogen-bond acceptors (Lipinski definition) is 3. The monoisotopic (exact) mass is 484 g/mol. The minimum Gasteiger partial charge on any atom is -0.352 e. The molecular weight excluding hydrogens is 456 g/mol. The lowest BCUT2D eigenvalue weighted by Gasteiger charge is -2.23. The molecule has 0 saturated heterocycles. The van der Waals surface area contributed by atoms with Crippen molar-refractivity contribution >= 4 is 27.5 Å². The average molecular weight is 485 g/mol. The summed E-state index contributed by atoms with van der Waals surface area (Å²) in [6, 6.07) is 25.6. The summed E-state index contributed by atoms with van der Waals surface area (Å²) in [6.45, 7) is 1.89. The van der Waals surface area contributed by atoms with E-state index in [0.29, 0.717) is 11.4 Å². The Hall–Kier alpha value is -2.67. The van der Waals surface area contributed by atoms with E-state index in [-0.39, 0.29) is 29.9 Å². The van der Waals surface area contributed by atoms with Crippen molar-refractivity contribution in [3.63, 3.8) is 0 Å². The van der Waals surface area contributed by atoms with Crippen LogP contribution in [-0.2, 0) is 27.7 Å². The molecule has 0 radical (unpaired) electrons. The number of carbonyl (C=O) groups is 1. The zero-order chi connectivity index (χ0) is 23.7. The van der Waals surface area contributed by atoms with Crippen LogP contribution >= 0.6 is 11.6 Å². The highest BCUT2D eigenvalue weighted by Crippen LogP contribution is 2.19. The zero-order valence-electron chi connectivity index (χ0n) is 18.7. The van der Waals surface area contributed by atoms with Gasteiger partial charge in [0.25, 0.3) is 0 Å². The molecular formula is C26H29ClN2O3S. The summed E-state index contributed by atoms with van der Waals surface area (Å²) in [5.74, 6) is -0.318. The molecule has 5 nitrogen and oxygen atoms in total. The summed E-state index contributed by atoms with van der Waals surface area (Å²) in [5.41, 5.74) is 2.21. The summed E-state index contributed by atoms with van der Waals surface area (Å²) < 4.78 is 27.8. The smallest absolute Gasteiger partial charge is 0.243 e. The van der Waals surface area contributed by atoms with Crippen molar-refractivity contribution in [2.75, 3.05) is 13.1 Å². The molecule has 1 N–H and O–H groups in total. The molecule has 3 aromatic rings. The molecule has 1 atom stereocenters. The first-order valence-electron chi connectivity index (χ1n) is 11.0. The van der Waals surface area contributed by atoms with Crippen LogP contribution in [-0.4, -0.2) is 37.8 Å². The summed E-state index contributed by atoms with van der Waals surface area (Å²) >= 11 is 5.93. The van der Waals surface area contributed by atoms with Gasteiger partial charge in [-0.3, -0.25) is 4.79 Å². The van der Waals surface area contributed by atoms with E-state index in [1.807, 2.05) is 55.5 Å². The molecule has 7 heteroatoms. The van der Waals surface area contributed by atoms with E-state index < -0.39 is 10.0 Å². The van der Waals surface area contributed by atoms with E-state index in [0.717, 1.165) is 18.4 Å². The average Bonchev–Trinajstić information content (AvgIpc) is 2.82. The van der Waals surface area contributed by atoms with Gasteiger partial charge in [-0.2, -0.15) is 4.31 Å². The predicted molar refractivity (Wildman–Crippen MR) is 133 cm³/mol. The Morgan fingerprint density at radius 2 is 1.42 bits per heavy atom. The third kappa shape index (κ3) is 7.70. The number of benzene rings is 3. The van der Waals surface area contributed by atoms with Gasteiger partial charge < -0.3 is 5.32 Å². The van der Waals surface area contributed by atoms with Crippen molar-refractivity contribution in [3.05, 3.63) is 101 Å². The van der Waals surface area contributed by atoms with E-state index in [4.69, 9.17) is 11.6 Å². The zero-order valence-corrected chi connectivity index (χ0v) is 20.2. The number of rotatable bonds is 11. The van der Waals surface area contributed by atoms with Crippen LogP contribution in [0.5, 0.6) is 0 Å². The molecule has 0 bridgehead atoms. The second-order valence-electron chi connectivity index (χ2n) is 8.02. The first kappa shape index (κ1) is 25.0. The predicted octanol–water partition coefficient (Wildman–Crippen LogP) is 4.71. The minimum atomic E-state index is -3.86. The highest BCUT2D eigenvalue weighted by molar-refractivity contribution is 7.89. The first-order valence-corrected chi connectivity index (χ1v) is 12.8. The Bertz CT molecular complexity index is 1120. The SMILES string of the molecule is C[C@H](CCc1ccccc1)NC(=O)CN(CCc1ccccc1)S(=O)(=O)c1ccc(Cl)cc1. The quantitative estimate of drug-likeness (QED) is 0.428. The van der Waals surface area contributed by atoms with Gasteiger partial charge in [0.1, 0.15) is 0 Å². The molecule has 0 aliphatic carbocycles. The fraction of sp³-hybridized carbons (Fsp3) is 0.269. The van der Waals surface area contributed by atoms with Gasteiger partial charge in [-0.05, 0) is 61.6 Å². The van der Waals surface area contributed by atoms with Crippen LogP contribution in [0.4, 0.5) is 0 Å². The third-order valence-corrected chi connectivity index (χ3v) is 7.49. The van der Waals surface area contributed by atoms with Crippen molar-refractivity contribution in [3.8, 4) is 0 Å². The Labute approximate surface area is 201 Å². The van der Waals surface area contributed by atoms with Crippen molar-refractivity contribution in [1.82, 2.24) is 9.62 Å². The number of nitrogens with one attached hydrogen (secondary N) is 1. The molecule has 0 aliphatic heterocycles. The van der Waals surface area contributed by atoms with Crippen LogP contribution in [0, 0.1) is 0 Å². The highest BCUT2D eigenvalue weighted by Gasteiger charge is 2.27. The van der Waals surface area contributed by atoms with Gasteiger partial charge in [0.05, 0.1) is 11.4 Å². The van der Waals surface area contributed by atoms with Crippen LogP contribution in [0.15, 0.2) is 89.8 Å². The number of hydrogen-bond donors (Lipinski definition) is 1. The molecule has 0 unspecified atom stereocenters. The lowest BCUT2D eigenvalue weighted by molar-refractivity contribution is -0.121. The van der Waals surface area contributed by atoms with Crippen LogP contribution in [0.2, 0.25) is 5.02 Å². The standard InChI is InChI=1S/C26H29ClN2O3S/c1-21(12-13-22-8-4-2-5-9-22)28-26(30)20-29(19-18-23-10-6-3-7-11-23)33(31,32)25-16-14-24(27)15-17-25/h2-11,14-17,21H,12-13,18-20H2,1H3,(H,28,30)/t21-/m1/s1. The third-order valence-electron chi connectivity index (χ3n) is 5.38. The van der Waals surface area contributed by atoms with Gasteiger partial charge in [-0.15, -0.1) is 0 Å². The minimum absolute atomic E-state index is 0.0769. The highest BCUT2D eigenvalue weighted by atomic mass is 35.5. The van der Waals surface area contributed by atoms with Gasteiger partial charge in [-0.25, -0.2) is 8.42 Å². The molecule has 3 rings (SSSR count). The number of sulfonamides is 1. The Morgan fingerprint density at radius 3 is 2.00 bits per heavy atom. The second-order valence-corrected chi connectivity index (χ2v) is 10.4. The number of nitrogens with zero attached hydrogens (tertiary/aromatic N) is 1. The summed E-state index contributed by atoms with van der Waals surface area (Å²) in [7, 11) is -3.86. The number of amides is 1. The topological polar surface area (TPSA) is 66.5 Å². The van der Waals surface area contributed by atoms with Crippen molar-refractivity contribution in [1.29, 1.82) is 0 Å². The molecule has 0 aromatic heterocycles. The molecule has 0 saturated carbocycles. The van der Waals surface area contributed by atoms with Crippen molar-refractivity contribution < 1.29 is 13.2 Å². The molecule has 33 heavy (non-hydrogen) atoms. The molecule has 1 amide bonds. The number of aryl methyl sites for hydroxylation is 1. The maximum absolute atomic E-state index is 13.3. The summed E-state index contributed by atoms with van der Waals surface area (Å²) in [6.07, 6.45) is 2.11. The lowest BCUT2D eigenvalue weighted by atomic mass is 10.1. The van der Waals surface area contributed by atoms with Crippen LogP contribution in [0.3, 0.4) is 0 Å². The Balaban J connectivity index is 1.67. The Kier molecular flexibility index (Phi) is 9.06. The molecule has 0 heterocycles. The van der Waals surface area contributed by atoms with Gasteiger partial charge in [0.2, 0.25) is 15.9 Å². The molecule has 174 valence electrons. The molecule has 0 spiro atoms. The van der Waals surface area contributed by atoms with Crippen LogP contribution < -0.4 is 5.32 Å². The summed E-state index contributed by atoms with van der Waals surface area (Å²) in [4.78, 5) is 12.9. The van der Waals surface area contributed by atoms with Gasteiger partial charge in [-0.1, -0.05) is 72.3 Å². The van der Waals surface area contributed by atoms with E-state index in [2.05, 4.69) is 17.4 Å². The van der Waals surface area contributed by atoms with Gasteiger partial charge in [0, 0.05) is 17.6 Å². The van der Waals surface area contributed by atoms with E-state index in [1.165, 1.54) is 34.1 Å².